The van der Waals surface area contributed by atoms with Gasteiger partial charge in [0.15, 0.2) is 0 Å². The molecule has 1 saturated heterocycles. The minimum Gasteiger partial charge on any atom is -0.303 e. The van der Waals surface area contributed by atoms with Gasteiger partial charge in [-0.15, -0.1) is 0 Å². The topological polar surface area (TPSA) is 49.4 Å². The molecule has 124 valence electrons. The second-order valence-corrected chi connectivity index (χ2v) is 7.94. The molecule has 0 aliphatic carbocycles. The smallest absolute Gasteiger partial charge is 0.240 e. The van der Waals surface area contributed by atoms with Crippen molar-refractivity contribution >= 4 is 10.0 Å². The number of hydrogen-bond donors (Lipinski definition) is 1. The van der Waals surface area contributed by atoms with E-state index in [2.05, 4.69) is 16.5 Å². The molecule has 6 heteroatoms. The summed E-state index contributed by atoms with van der Waals surface area (Å²) in [6.45, 7) is 7.39. The summed E-state index contributed by atoms with van der Waals surface area (Å²) in [7, 11) is -3.56. The lowest BCUT2D eigenvalue weighted by atomic mass is 10.0. The second-order valence-electron chi connectivity index (χ2n) is 6.21. The van der Waals surface area contributed by atoms with Crippen LogP contribution in [0.15, 0.2) is 23.1 Å². The van der Waals surface area contributed by atoms with Gasteiger partial charge in [0, 0.05) is 13.1 Å². The van der Waals surface area contributed by atoms with Crippen LogP contribution in [0.5, 0.6) is 0 Å². The first-order valence-electron chi connectivity index (χ1n) is 7.86. The third-order valence-electron chi connectivity index (χ3n) is 4.11. The molecule has 1 unspecified atom stereocenters. The number of nitrogens with one attached hydrogen (secondary N) is 1. The molecule has 4 nitrogen and oxygen atoms in total. The number of aryl methyl sites for hydroxylation is 1. The van der Waals surface area contributed by atoms with Gasteiger partial charge in [-0.05, 0) is 69.0 Å². The fraction of sp³-hybridized carbons (Fsp3) is 0.625. The molecule has 1 heterocycles. The Morgan fingerprint density at radius 3 is 2.86 bits per heavy atom. The minimum atomic E-state index is -3.56. The fourth-order valence-electron chi connectivity index (χ4n) is 2.99. The molecule has 0 amide bonds. The van der Waals surface area contributed by atoms with Crippen molar-refractivity contribution in [1.82, 2.24) is 9.62 Å². The number of sulfonamides is 1. The van der Waals surface area contributed by atoms with Gasteiger partial charge in [0.2, 0.25) is 10.0 Å². The SMILES string of the molecule is Cc1cc(F)ccc1S(=O)(=O)NCCCN1CCCC(C)C1. The average Bonchev–Trinajstić information content (AvgIpc) is 2.43. The summed E-state index contributed by atoms with van der Waals surface area (Å²) < 4.78 is 40.1. The number of hydrogen-bond acceptors (Lipinski definition) is 3. The van der Waals surface area contributed by atoms with E-state index in [1.165, 1.54) is 31.0 Å². The van der Waals surface area contributed by atoms with E-state index in [1.54, 1.807) is 6.92 Å². The van der Waals surface area contributed by atoms with E-state index in [-0.39, 0.29) is 4.90 Å². The van der Waals surface area contributed by atoms with Gasteiger partial charge in [0.05, 0.1) is 4.90 Å². The number of nitrogens with zero attached hydrogens (tertiary/aromatic N) is 1. The molecule has 1 aromatic carbocycles. The predicted octanol–water partition coefficient (Wildman–Crippen LogP) is 2.53. The van der Waals surface area contributed by atoms with Crippen molar-refractivity contribution in [3.63, 3.8) is 0 Å². The molecule has 1 N–H and O–H groups in total. The third-order valence-corrected chi connectivity index (χ3v) is 5.73. The van der Waals surface area contributed by atoms with E-state index in [4.69, 9.17) is 0 Å². The zero-order valence-corrected chi connectivity index (χ0v) is 14.1. The van der Waals surface area contributed by atoms with Crippen LogP contribution in [0.1, 0.15) is 31.7 Å². The highest BCUT2D eigenvalue weighted by atomic mass is 32.2. The van der Waals surface area contributed by atoms with Crippen LogP contribution < -0.4 is 4.72 Å². The first-order valence-corrected chi connectivity index (χ1v) is 9.35. The first kappa shape index (κ1) is 17.4. The van der Waals surface area contributed by atoms with Crippen LogP contribution >= 0.6 is 0 Å². The maximum absolute atomic E-state index is 13.1. The Hall–Kier alpha value is -0.980. The van der Waals surface area contributed by atoms with Crippen molar-refractivity contribution in [2.75, 3.05) is 26.2 Å². The van der Waals surface area contributed by atoms with Crippen molar-refractivity contribution in [2.24, 2.45) is 5.92 Å². The van der Waals surface area contributed by atoms with Gasteiger partial charge < -0.3 is 4.90 Å². The summed E-state index contributed by atoms with van der Waals surface area (Å²) >= 11 is 0. The molecule has 1 fully saturated rings. The number of benzene rings is 1. The first-order chi connectivity index (χ1) is 10.4. The summed E-state index contributed by atoms with van der Waals surface area (Å²) in [4.78, 5) is 2.55. The van der Waals surface area contributed by atoms with E-state index in [9.17, 15) is 12.8 Å². The highest BCUT2D eigenvalue weighted by Gasteiger charge is 2.18. The van der Waals surface area contributed by atoms with Crippen LogP contribution in [-0.2, 0) is 10.0 Å². The van der Waals surface area contributed by atoms with Crippen molar-refractivity contribution in [2.45, 2.75) is 38.0 Å². The van der Waals surface area contributed by atoms with Crippen LogP contribution in [0.25, 0.3) is 0 Å². The number of halogens is 1. The molecule has 1 atom stereocenters. The maximum atomic E-state index is 13.1. The number of piperidine rings is 1. The Kier molecular flexibility index (Phi) is 5.94. The quantitative estimate of drug-likeness (QED) is 0.817. The molecular formula is C16H25FN2O2S. The number of rotatable bonds is 6. The molecule has 0 saturated carbocycles. The van der Waals surface area contributed by atoms with Gasteiger partial charge >= 0.3 is 0 Å². The van der Waals surface area contributed by atoms with Crippen LogP contribution in [0.2, 0.25) is 0 Å². The molecule has 1 aromatic rings. The van der Waals surface area contributed by atoms with Crippen LogP contribution in [-0.4, -0.2) is 39.5 Å². The van der Waals surface area contributed by atoms with Gasteiger partial charge in [0.1, 0.15) is 5.82 Å². The summed E-state index contributed by atoms with van der Waals surface area (Å²) in [5.41, 5.74) is 0.428. The maximum Gasteiger partial charge on any atom is 0.240 e. The van der Waals surface area contributed by atoms with Gasteiger partial charge in [0.25, 0.3) is 0 Å². The summed E-state index contributed by atoms with van der Waals surface area (Å²) in [6, 6.07) is 3.74. The fourth-order valence-corrected chi connectivity index (χ4v) is 4.29. The van der Waals surface area contributed by atoms with Crippen molar-refractivity contribution in [1.29, 1.82) is 0 Å². The molecular weight excluding hydrogens is 303 g/mol. The molecule has 0 bridgehead atoms. The molecule has 2 rings (SSSR count). The zero-order chi connectivity index (χ0) is 16.2. The largest absolute Gasteiger partial charge is 0.303 e. The number of likely N-dealkylation sites (tertiary alicyclic amines) is 1. The van der Waals surface area contributed by atoms with Crippen LogP contribution in [0, 0.1) is 18.7 Å². The van der Waals surface area contributed by atoms with E-state index in [1.807, 2.05) is 0 Å². The lowest BCUT2D eigenvalue weighted by Crippen LogP contribution is -2.36. The summed E-state index contributed by atoms with van der Waals surface area (Å²) in [6.07, 6.45) is 3.29. The summed E-state index contributed by atoms with van der Waals surface area (Å²) in [5.74, 6) is 0.308. The lowest BCUT2D eigenvalue weighted by molar-refractivity contribution is 0.182. The van der Waals surface area contributed by atoms with Gasteiger partial charge in [-0.1, -0.05) is 6.92 Å². The van der Waals surface area contributed by atoms with Crippen molar-refractivity contribution in [3.8, 4) is 0 Å². The van der Waals surface area contributed by atoms with E-state index in [0.29, 0.717) is 12.1 Å². The average molecular weight is 328 g/mol. The molecule has 22 heavy (non-hydrogen) atoms. The Balaban J connectivity index is 1.82. The molecule has 0 radical (unpaired) electrons. The van der Waals surface area contributed by atoms with Crippen LogP contribution in [0.3, 0.4) is 0 Å². The lowest BCUT2D eigenvalue weighted by Gasteiger charge is -2.30. The Morgan fingerprint density at radius 1 is 1.41 bits per heavy atom. The van der Waals surface area contributed by atoms with Gasteiger partial charge in [-0.2, -0.15) is 0 Å². The highest BCUT2D eigenvalue weighted by molar-refractivity contribution is 7.89. The molecule has 1 aliphatic heterocycles. The Bertz CT molecular complexity index is 604. The molecule has 0 aromatic heterocycles. The van der Waals surface area contributed by atoms with Crippen LogP contribution in [0.4, 0.5) is 4.39 Å². The van der Waals surface area contributed by atoms with Gasteiger partial charge in [-0.3, -0.25) is 0 Å². The van der Waals surface area contributed by atoms with E-state index in [0.717, 1.165) is 32.0 Å². The Labute approximate surface area is 132 Å². The van der Waals surface area contributed by atoms with Crippen molar-refractivity contribution in [3.05, 3.63) is 29.6 Å². The molecule has 0 spiro atoms. The predicted molar refractivity (Wildman–Crippen MR) is 85.8 cm³/mol. The Morgan fingerprint density at radius 2 is 2.18 bits per heavy atom. The minimum absolute atomic E-state index is 0.153. The standard InChI is InChI=1S/C16H25FN2O2S/c1-13-5-3-9-19(12-13)10-4-8-18-22(20,21)16-7-6-15(17)11-14(16)2/h6-7,11,13,18H,3-5,8-10,12H2,1-2H3. The normalized spacial score (nSPS) is 20.2. The van der Waals surface area contributed by atoms with Gasteiger partial charge in [-0.25, -0.2) is 17.5 Å². The second kappa shape index (κ2) is 7.53. The van der Waals surface area contributed by atoms with Crippen molar-refractivity contribution < 1.29 is 12.8 Å². The monoisotopic (exact) mass is 328 g/mol. The van der Waals surface area contributed by atoms with E-state index >= 15 is 0 Å². The zero-order valence-electron chi connectivity index (χ0n) is 13.3. The third kappa shape index (κ3) is 4.76. The summed E-state index contributed by atoms with van der Waals surface area (Å²) in [5, 5.41) is 0. The molecule has 1 aliphatic rings. The highest BCUT2D eigenvalue weighted by Crippen LogP contribution is 2.17. The van der Waals surface area contributed by atoms with E-state index < -0.39 is 15.8 Å².